The first-order chi connectivity index (χ1) is 4.88. The molecule has 0 aliphatic rings. The summed E-state index contributed by atoms with van der Waals surface area (Å²) in [6.07, 6.45) is 1.93. The van der Waals surface area contributed by atoms with Gasteiger partial charge >= 0.3 is 0 Å². The molecule has 1 rings (SSSR count). The van der Waals surface area contributed by atoms with Crippen LogP contribution in [0.5, 0.6) is 0 Å². The molecule has 1 aromatic heterocycles. The summed E-state index contributed by atoms with van der Waals surface area (Å²) in [6, 6.07) is 2.01. The second kappa shape index (κ2) is 3.54. The highest BCUT2D eigenvalue weighted by molar-refractivity contribution is 7.08. The van der Waals surface area contributed by atoms with Crippen LogP contribution in [0, 0.1) is 0 Å². The van der Waals surface area contributed by atoms with E-state index in [4.69, 9.17) is 5.11 Å². The van der Waals surface area contributed by atoms with Gasteiger partial charge in [-0.05, 0) is 34.9 Å². The van der Waals surface area contributed by atoms with Gasteiger partial charge in [0.05, 0.1) is 6.61 Å². The monoisotopic (exact) mass is 154 g/mol. The fourth-order valence-corrected chi connectivity index (χ4v) is 1.48. The molecule has 0 saturated carbocycles. The van der Waals surface area contributed by atoms with Gasteiger partial charge < -0.3 is 5.11 Å². The van der Waals surface area contributed by atoms with Crippen LogP contribution in [0.2, 0.25) is 0 Å². The molecule has 0 bridgehead atoms. The zero-order valence-corrected chi connectivity index (χ0v) is 6.69. The summed E-state index contributed by atoms with van der Waals surface area (Å²) in [4.78, 5) is 0. The fourth-order valence-electron chi connectivity index (χ4n) is 0.796. The number of aliphatic hydroxyl groups excluding tert-OH is 1. The van der Waals surface area contributed by atoms with Crippen LogP contribution in [-0.4, -0.2) is 11.7 Å². The molecular weight excluding hydrogens is 144 g/mol. The lowest BCUT2D eigenvalue weighted by Gasteiger charge is -1.96. The van der Waals surface area contributed by atoms with Crippen molar-refractivity contribution in [3.63, 3.8) is 0 Å². The van der Waals surface area contributed by atoms with Crippen LogP contribution in [0.25, 0.3) is 5.57 Å². The van der Waals surface area contributed by atoms with Gasteiger partial charge in [-0.3, -0.25) is 0 Å². The Bertz CT molecular complexity index is 211. The SMILES string of the molecule is C/C=C(\CO)c1ccsc1. The second-order valence-corrected chi connectivity index (χ2v) is 2.76. The van der Waals surface area contributed by atoms with Crippen LogP contribution in [-0.2, 0) is 0 Å². The summed E-state index contributed by atoms with van der Waals surface area (Å²) in [5.74, 6) is 0. The molecule has 1 N–H and O–H groups in total. The number of allylic oxidation sites excluding steroid dienone is 1. The first kappa shape index (κ1) is 7.51. The maximum atomic E-state index is 8.83. The quantitative estimate of drug-likeness (QED) is 0.692. The third kappa shape index (κ3) is 1.46. The molecule has 1 aromatic rings. The molecule has 1 heterocycles. The molecule has 1 nitrogen and oxygen atoms in total. The first-order valence-electron chi connectivity index (χ1n) is 3.17. The van der Waals surface area contributed by atoms with Crippen molar-refractivity contribution in [1.29, 1.82) is 0 Å². The smallest absolute Gasteiger partial charge is 0.0684 e. The fraction of sp³-hybridized carbons (Fsp3) is 0.250. The summed E-state index contributed by atoms with van der Waals surface area (Å²) in [5, 5.41) is 12.9. The molecule has 2 heteroatoms. The van der Waals surface area contributed by atoms with E-state index in [-0.39, 0.29) is 6.61 Å². The molecule has 0 aliphatic heterocycles. The Morgan fingerprint density at radius 3 is 3.00 bits per heavy atom. The molecule has 0 fully saturated rings. The van der Waals surface area contributed by atoms with E-state index < -0.39 is 0 Å². The van der Waals surface area contributed by atoms with E-state index in [1.807, 2.05) is 29.8 Å². The first-order valence-corrected chi connectivity index (χ1v) is 4.11. The lowest BCUT2D eigenvalue weighted by atomic mass is 10.1. The Balaban J connectivity index is 2.85. The number of hydrogen-bond acceptors (Lipinski definition) is 2. The molecule has 0 spiro atoms. The largest absolute Gasteiger partial charge is 0.392 e. The van der Waals surface area contributed by atoms with E-state index >= 15 is 0 Å². The number of aliphatic hydroxyl groups is 1. The number of hydrogen-bond donors (Lipinski definition) is 1. The van der Waals surface area contributed by atoms with Gasteiger partial charge in [0.15, 0.2) is 0 Å². The molecule has 54 valence electrons. The summed E-state index contributed by atoms with van der Waals surface area (Å²) in [7, 11) is 0. The van der Waals surface area contributed by atoms with Crippen molar-refractivity contribution >= 4 is 16.9 Å². The summed E-state index contributed by atoms with van der Waals surface area (Å²) in [6.45, 7) is 2.07. The van der Waals surface area contributed by atoms with E-state index in [0.29, 0.717) is 0 Å². The highest BCUT2D eigenvalue weighted by atomic mass is 32.1. The number of thiophene rings is 1. The summed E-state index contributed by atoms with van der Waals surface area (Å²) in [5.41, 5.74) is 2.14. The van der Waals surface area contributed by atoms with Gasteiger partial charge in [-0.2, -0.15) is 11.3 Å². The molecular formula is C8H10OS. The molecule has 0 atom stereocenters. The third-order valence-corrected chi connectivity index (χ3v) is 2.09. The lowest BCUT2D eigenvalue weighted by Crippen LogP contribution is -1.85. The van der Waals surface area contributed by atoms with Gasteiger partial charge in [0.1, 0.15) is 0 Å². The third-order valence-electron chi connectivity index (χ3n) is 1.41. The van der Waals surface area contributed by atoms with Crippen LogP contribution in [0.15, 0.2) is 22.9 Å². The lowest BCUT2D eigenvalue weighted by molar-refractivity contribution is 0.350. The Morgan fingerprint density at radius 1 is 1.80 bits per heavy atom. The summed E-state index contributed by atoms with van der Waals surface area (Å²) >= 11 is 1.65. The van der Waals surface area contributed by atoms with Gasteiger partial charge in [-0.1, -0.05) is 6.08 Å². The average molecular weight is 154 g/mol. The molecule has 0 radical (unpaired) electrons. The van der Waals surface area contributed by atoms with Crippen molar-refractivity contribution in [2.24, 2.45) is 0 Å². The maximum absolute atomic E-state index is 8.83. The zero-order valence-electron chi connectivity index (χ0n) is 5.87. The van der Waals surface area contributed by atoms with Crippen molar-refractivity contribution in [2.75, 3.05) is 6.61 Å². The maximum Gasteiger partial charge on any atom is 0.0684 e. The van der Waals surface area contributed by atoms with E-state index in [0.717, 1.165) is 11.1 Å². The molecule has 0 unspecified atom stereocenters. The van der Waals surface area contributed by atoms with Crippen LogP contribution >= 0.6 is 11.3 Å². The minimum absolute atomic E-state index is 0.132. The minimum atomic E-state index is 0.132. The van der Waals surface area contributed by atoms with E-state index in [2.05, 4.69) is 0 Å². The predicted molar refractivity (Wildman–Crippen MR) is 45.1 cm³/mol. The topological polar surface area (TPSA) is 20.2 Å². The average Bonchev–Trinajstić information content (AvgIpc) is 2.43. The van der Waals surface area contributed by atoms with Gasteiger partial charge in [0.25, 0.3) is 0 Å². The van der Waals surface area contributed by atoms with E-state index in [1.165, 1.54) is 0 Å². The molecule has 0 aliphatic carbocycles. The van der Waals surface area contributed by atoms with Crippen molar-refractivity contribution in [3.8, 4) is 0 Å². The van der Waals surface area contributed by atoms with Gasteiger partial charge in [-0.25, -0.2) is 0 Å². The van der Waals surface area contributed by atoms with Crippen LogP contribution in [0.4, 0.5) is 0 Å². The second-order valence-electron chi connectivity index (χ2n) is 1.98. The van der Waals surface area contributed by atoms with Crippen molar-refractivity contribution in [2.45, 2.75) is 6.92 Å². The Labute approximate surface area is 64.6 Å². The highest BCUT2D eigenvalue weighted by Crippen LogP contribution is 2.16. The highest BCUT2D eigenvalue weighted by Gasteiger charge is 1.96. The number of rotatable bonds is 2. The van der Waals surface area contributed by atoms with E-state index in [1.54, 1.807) is 11.3 Å². The Morgan fingerprint density at radius 2 is 2.60 bits per heavy atom. The standard InChI is InChI=1S/C8H10OS/c1-2-7(5-9)8-3-4-10-6-8/h2-4,6,9H,5H2,1H3/b7-2+. The molecule has 10 heavy (non-hydrogen) atoms. The minimum Gasteiger partial charge on any atom is -0.392 e. The van der Waals surface area contributed by atoms with Gasteiger partial charge in [0, 0.05) is 0 Å². The van der Waals surface area contributed by atoms with Gasteiger partial charge in [0.2, 0.25) is 0 Å². The van der Waals surface area contributed by atoms with Gasteiger partial charge in [-0.15, -0.1) is 0 Å². The predicted octanol–water partition coefficient (Wildman–Crippen LogP) is 2.14. The van der Waals surface area contributed by atoms with Crippen molar-refractivity contribution in [3.05, 3.63) is 28.5 Å². The van der Waals surface area contributed by atoms with E-state index in [9.17, 15) is 0 Å². The Hall–Kier alpha value is -0.600. The van der Waals surface area contributed by atoms with Crippen molar-refractivity contribution in [1.82, 2.24) is 0 Å². The van der Waals surface area contributed by atoms with Crippen LogP contribution in [0.1, 0.15) is 12.5 Å². The van der Waals surface area contributed by atoms with Crippen molar-refractivity contribution < 1.29 is 5.11 Å². The molecule has 0 aromatic carbocycles. The van der Waals surface area contributed by atoms with Crippen LogP contribution < -0.4 is 0 Å². The Kier molecular flexibility index (Phi) is 2.66. The normalized spacial score (nSPS) is 12.0. The summed E-state index contributed by atoms with van der Waals surface area (Å²) < 4.78 is 0. The molecule has 0 saturated heterocycles. The van der Waals surface area contributed by atoms with Crippen LogP contribution in [0.3, 0.4) is 0 Å². The molecule has 0 amide bonds. The zero-order chi connectivity index (χ0) is 7.40.